The molecule has 1 aromatic heterocycles. The number of anilines is 1. The molecular formula is C16H20N4S. The molecule has 1 heterocycles. The van der Waals surface area contributed by atoms with Crippen LogP contribution >= 0.6 is 11.8 Å². The molecule has 2 rings (SSSR count). The number of amidine groups is 1. The van der Waals surface area contributed by atoms with Gasteiger partial charge >= 0.3 is 0 Å². The average molecular weight is 300 g/mol. The van der Waals surface area contributed by atoms with Crippen molar-refractivity contribution in [2.45, 2.75) is 32.1 Å². The van der Waals surface area contributed by atoms with Crippen molar-refractivity contribution in [3.63, 3.8) is 0 Å². The first-order valence-electron chi connectivity index (χ1n) is 6.83. The first-order valence-corrected chi connectivity index (χ1v) is 7.82. The van der Waals surface area contributed by atoms with Gasteiger partial charge < -0.3 is 5.32 Å². The van der Waals surface area contributed by atoms with Crippen LogP contribution in [0.25, 0.3) is 0 Å². The van der Waals surface area contributed by atoms with E-state index in [0.29, 0.717) is 5.95 Å². The molecule has 0 aliphatic carbocycles. The lowest BCUT2D eigenvalue weighted by Crippen LogP contribution is -2.19. The van der Waals surface area contributed by atoms with Gasteiger partial charge in [-0.1, -0.05) is 42.1 Å². The Bertz CT molecular complexity index is 576. The Morgan fingerprint density at radius 2 is 1.76 bits per heavy atom. The number of nitrogens with one attached hydrogen (secondary N) is 1. The summed E-state index contributed by atoms with van der Waals surface area (Å²) < 4.78 is 0. The Balaban J connectivity index is 2.08. The lowest BCUT2D eigenvalue weighted by molar-refractivity contribution is 0.585. The van der Waals surface area contributed by atoms with E-state index in [2.05, 4.69) is 48.2 Å². The van der Waals surface area contributed by atoms with Gasteiger partial charge in [-0.15, -0.1) is 0 Å². The molecule has 0 radical (unpaired) electrons. The van der Waals surface area contributed by atoms with Crippen LogP contribution in [0, 0.1) is 0 Å². The first-order chi connectivity index (χ1) is 10.0. The van der Waals surface area contributed by atoms with Crippen molar-refractivity contribution in [1.29, 1.82) is 0 Å². The number of hydrogen-bond donors (Lipinski definition) is 1. The maximum atomic E-state index is 4.71. The van der Waals surface area contributed by atoms with E-state index in [1.807, 2.05) is 18.2 Å². The molecule has 21 heavy (non-hydrogen) atoms. The fourth-order valence-corrected chi connectivity index (χ4v) is 2.58. The SMILES string of the molecule is CC(C)(C)N=C(Nc1ncccn1)SCc1ccccc1. The van der Waals surface area contributed by atoms with Crippen LogP contribution in [0.15, 0.2) is 53.8 Å². The second-order valence-corrected chi connectivity index (χ2v) is 6.52. The summed E-state index contributed by atoms with van der Waals surface area (Å²) in [6, 6.07) is 12.1. The summed E-state index contributed by atoms with van der Waals surface area (Å²) >= 11 is 1.66. The Kier molecular flexibility index (Phi) is 5.33. The fraction of sp³-hybridized carbons (Fsp3) is 0.312. The highest BCUT2D eigenvalue weighted by atomic mass is 32.2. The molecule has 2 aromatic rings. The van der Waals surface area contributed by atoms with Gasteiger partial charge in [0.15, 0.2) is 5.17 Å². The molecule has 0 aliphatic rings. The van der Waals surface area contributed by atoms with Gasteiger partial charge in [0.05, 0.1) is 5.54 Å². The third kappa shape index (κ3) is 5.95. The van der Waals surface area contributed by atoms with Crippen LogP contribution in [-0.2, 0) is 5.75 Å². The number of benzene rings is 1. The maximum Gasteiger partial charge on any atom is 0.228 e. The highest BCUT2D eigenvalue weighted by molar-refractivity contribution is 8.13. The summed E-state index contributed by atoms with van der Waals surface area (Å²) in [6.45, 7) is 6.22. The monoisotopic (exact) mass is 300 g/mol. The third-order valence-corrected chi connectivity index (χ3v) is 3.38. The summed E-state index contributed by atoms with van der Waals surface area (Å²) in [6.07, 6.45) is 3.43. The van der Waals surface area contributed by atoms with Crippen LogP contribution in [0.1, 0.15) is 26.3 Å². The molecule has 5 heteroatoms. The van der Waals surface area contributed by atoms with E-state index in [9.17, 15) is 0 Å². The number of hydrogen-bond acceptors (Lipinski definition) is 4. The molecule has 4 nitrogen and oxygen atoms in total. The van der Waals surface area contributed by atoms with Crippen LogP contribution in [-0.4, -0.2) is 20.7 Å². The van der Waals surface area contributed by atoms with Gasteiger partial charge in [-0.25, -0.2) is 9.97 Å². The van der Waals surface area contributed by atoms with Crippen LogP contribution in [0.5, 0.6) is 0 Å². The zero-order chi connectivity index (χ0) is 15.1. The van der Waals surface area contributed by atoms with E-state index < -0.39 is 0 Å². The average Bonchev–Trinajstić information content (AvgIpc) is 2.45. The normalized spacial score (nSPS) is 12.2. The van der Waals surface area contributed by atoms with Gasteiger partial charge in [0.25, 0.3) is 0 Å². The third-order valence-electron chi connectivity index (χ3n) is 2.44. The van der Waals surface area contributed by atoms with Crippen molar-refractivity contribution in [2.75, 3.05) is 5.32 Å². The Morgan fingerprint density at radius 1 is 1.10 bits per heavy atom. The van der Waals surface area contributed by atoms with Gasteiger partial charge in [-0.2, -0.15) is 0 Å². The molecule has 0 atom stereocenters. The fourth-order valence-electron chi connectivity index (χ4n) is 1.59. The van der Waals surface area contributed by atoms with Crippen molar-refractivity contribution < 1.29 is 0 Å². The summed E-state index contributed by atoms with van der Waals surface area (Å²) in [5.41, 5.74) is 1.11. The molecule has 0 unspecified atom stereocenters. The summed E-state index contributed by atoms with van der Waals surface area (Å²) in [4.78, 5) is 13.1. The molecule has 0 fully saturated rings. The molecule has 0 aliphatic heterocycles. The summed E-state index contributed by atoms with van der Waals surface area (Å²) in [7, 11) is 0. The molecule has 0 amide bonds. The lowest BCUT2D eigenvalue weighted by atomic mass is 10.1. The molecule has 0 bridgehead atoms. The highest BCUT2D eigenvalue weighted by Crippen LogP contribution is 2.18. The topological polar surface area (TPSA) is 50.2 Å². The zero-order valence-corrected chi connectivity index (χ0v) is 13.4. The van der Waals surface area contributed by atoms with Crippen LogP contribution in [0.3, 0.4) is 0 Å². The minimum Gasteiger partial charge on any atom is -0.303 e. The van der Waals surface area contributed by atoms with Gasteiger partial charge in [0.2, 0.25) is 5.95 Å². The molecule has 0 saturated heterocycles. The Hall–Kier alpha value is -1.88. The van der Waals surface area contributed by atoms with Gasteiger partial charge in [0, 0.05) is 18.1 Å². The van der Waals surface area contributed by atoms with E-state index in [4.69, 9.17) is 4.99 Å². The number of rotatable bonds is 3. The minimum absolute atomic E-state index is 0.152. The molecule has 1 aromatic carbocycles. The lowest BCUT2D eigenvalue weighted by Gasteiger charge is -2.16. The minimum atomic E-state index is -0.152. The van der Waals surface area contributed by atoms with Crippen molar-refractivity contribution >= 4 is 22.9 Å². The van der Waals surface area contributed by atoms with Gasteiger partial charge in [-0.05, 0) is 32.4 Å². The Labute approximate surface area is 130 Å². The zero-order valence-electron chi connectivity index (χ0n) is 12.6. The summed E-state index contributed by atoms with van der Waals surface area (Å²) in [5.74, 6) is 1.43. The highest BCUT2D eigenvalue weighted by Gasteiger charge is 2.12. The standard InChI is InChI=1S/C16H20N4S/c1-16(2,3)20-15(19-14-17-10-7-11-18-14)21-12-13-8-5-4-6-9-13/h4-11H,12H2,1-3H3,(H,17,18,19,20). The van der Waals surface area contributed by atoms with E-state index in [1.54, 1.807) is 30.2 Å². The van der Waals surface area contributed by atoms with Crippen molar-refractivity contribution in [2.24, 2.45) is 4.99 Å². The first kappa shape index (κ1) is 15.5. The quantitative estimate of drug-likeness (QED) is 0.688. The van der Waals surface area contributed by atoms with Crippen LogP contribution in [0.4, 0.5) is 5.95 Å². The number of thioether (sulfide) groups is 1. The maximum absolute atomic E-state index is 4.71. The molecular weight excluding hydrogens is 280 g/mol. The van der Waals surface area contributed by atoms with E-state index >= 15 is 0 Å². The van der Waals surface area contributed by atoms with E-state index in [0.717, 1.165) is 10.9 Å². The Morgan fingerprint density at radius 3 is 2.38 bits per heavy atom. The molecule has 0 spiro atoms. The predicted octanol–water partition coefficient (Wildman–Crippen LogP) is 3.98. The van der Waals surface area contributed by atoms with Crippen molar-refractivity contribution in [1.82, 2.24) is 9.97 Å². The molecule has 0 saturated carbocycles. The predicted molar refractivity (Wildman–Crippen MR) is 90.6 cm³/mol. The van der Waals surface area contributed by atoms with E-state index in [1.165, 1.54) is 5.56 Å². The van der Waals surface area contributed by atoms with Gasteiger partial charge in [-0.3, -0.25) is 4.99 Å². The van der Waals surface area contributed by atoms with Crippen molar-refractivity contribution in [3.05, 3.63) is 54.4 Å². The van der Waals surface area contributed by atoms with Gasteiger partial charge in [0.1, 0.15) is 0 Å². The second-order valence-electron chi connectivity index (χ2n) is 5.56. The number of nitrogens with zero attached hydrogens (tertiary/aromatic N) is 3. The van der Waals surface area contributed by atoms with Crippen LogP contribution in [0.2, 0.25) is 0 Å². The number of aliphatic imine (C=N–C) groups is 1. The van der Waals surface area contributed by atoms with Crippen LogP contribution < -0.4 is 5.32 Å². The molecule has 110 valence electrons. The summed E-state index contributed by atoms with van der Waals surface area (Å²) in [5, 5.41) is 4.03. The second kappa shape index (κ2) is 7.22. The number of aromatic nitrogens is 2. The smallest absolute Gasteiger partial charge is 0.228 e. The van der Waals surface area contributed by atoms with Crippen molar-refractivity contribution in [3.8, 4) is 0 Å². The van der Waals surface area contributed by atoms with E-state index in [-0.39, 0.29) is 5.54 Å². The largest absolute Gasteiger partial charge is 0.303 e. The molecule has 1 N–H and O–H groups in total.